The van der Waals surface area contributed by atoms with Gasteiger partial charge in [-0.15, -0.1) is 0 Å². The lowest BCUT2D eigenvalue weighted by molar-refractivity contribution is 0.217. The van der Waals surface area contributed by atoms with Gasteiger partial charge in [0.2, 0.25) is 10.0 Å². The monoisotopic (exact) mass is 378 g/mol. The lowest BCUT2D eigenvalue weighted by Gasteiger charge is -2.26. The van der Waals surface area contributed by atoms with Crippen LogP contribution in [0.3, 0.4) is 0 Å². The summed E-state index contributed by atoms with van der Waals surface area (Å²) in [4.78, 5) is 2.11. The Labute approximate surface area is 153 Å². The fraction of sp³-hybridized carbons (Fsp3) is 0.500. The highest BCUT2D eigenvalue weighted by molar-refractivity contribution is 7.89. The van der Waals surface area contributed by atoms with E-state index in [0.29, 0.717) is 0 Å². The zero-order valence-corrected chi connectivity index (χ0v) is 15.7. The average molecular weight is 378 g/mol. The van der Waals surface area contributed by atoms with E-state index in [9.17, 15) is 12.8 Å². The predicted molar refractivity (Wildman–Crippen MR) is 95.2 cm³/mol. The van der Waals surface area contributed by atoms with Gasteiger partial charge in [0.1, 0.15) is 10.7 Å². The first-order chi connectivity index (χ1) is 12.5. The fourth-order valence-electron chi connectivity index (χ4n) is 3.86. The largest absolute Gasteiger partial charge is 0.297 e. The number of likely N-dealkylation sites (tertiary alicyclic amines) is 1. The standard InChI is InChI=1S/C18H23FN4O2S/c1-21-17-13-23(26(24,25)18-8-4-3-7-15(18)19)11-14(17)16(20-21)12-22-9-5-2-6-10-22/h3-4,7-8H,2,5-6,9-13H2,1H3. The minimum absolute atomic E-state index is 0.232. The highest BCUT2D eigenvalue weighted by Crippen LogP contribution is 2.32. The van der Waals surface area contributed by atoms with Crippen LogP contribution in [-0.4, -0.2) is 40.5 Å². The van der Waals surface area contributed by atoms with E-state index in [1.54, 1.807) is 10.7 Å². The molecule has 4 rings (SSSR count). The number of benzene rings is 1. The minimum atomic E-state index is -3.87. The van der Waals surface area contributed by atoms with Crippen molar-refractivity contribution >= 4 is 10.0 Å². The van der Waals surface area contributed by atoms with Gasteiger partial charge in [-0.2, -0.15) is 9.40 Å². The Morgan fingerprint density at radius 1 is 1.12 bits per heavy atom. The summed E-state index contributed by atoms with van der Waals surface area (Å²) in [6.07, 6.45) is 3.66. The first-order valence-electron chi connectivity index (χ1n) is 8.97. The van der Waals surface area contributed by atoms with Crippen molar-refractivity contribution in [2.45, 2.75) is 43.8 Å². The molecule has 1 saturated heterocycles. The summed E-state index contributed by atoms with van der Waals surface area (Å²) in [6, 6.07) is 5.54. The van der Waals surface area contributed by atoms with Crippen LogP contribution in [0.15, 0.2) is 29.2 Å². The van der Waals surface area contributed by atoms with Crippen LogP contribution in [0, 0.1) is 5.82 Å². The second kappa shape index (κ2) is 6.75. The average Bonchev–Trinajstić information content (AvgIpc) is 3.19. The molecule has 6 nitrogen and oxygen atoms in total. The van der Waals surface area contributed by atoms with E-state index in [4.69, 9.17) is 0 Å². The molecule has 0 bridgehead atoms. The molecule has 0 N–H and O–H groups in total. The number of piperidine rings is 1. The molecule has 1 fully saturated rings. The molecule has 1 aromatic heterocycles. The Hall–Kier alpha value is -1.77. The van der Waals surface area contributed by atoms with Crippen LogP contribution < -0.4 is 0 Å². The summed E-state index contributed by atoms with van der Waals surface area (Å²) in [6.45, 7) is 3.35. The minimum Gasteiger partial charge on any atom is -0.297 e. The van der Waals surface area contributed by atoms with Gasteiger partial charge in [0.05, 0.1) is 17.9 Å². The lowest BCUT2D eigenvalue weighted by Crippen LogP contribution is -2.30. The number of sulfonamides is 1. The van der Waals surface area contributed by atoms with Gasteiger partial charge >= 0.3 is 0 Å². The van der Waals surface area contributed by atoms with E-state index in [1.165, 1.54) is 41.8 Å². The molecule has 2 aromatic rings. The molecule has 0 spiro atoms. The lowest BCUT2D eigenvalue weighted by atomic mass is 10.1. The third-order valence-corrected chi connectivity index (χ3v) is 7.12. The zero-order chi connectivity index (χ0) is 18.3. The zero-order valence-electron chi connectivity index (χ0n) is 14.9. The molecule has 140 valence electrons. The molecule has 26 heavy (non-hydrogen) atoms. The van der Waals surface area contributed by atoms with Gasteiger partial charge in [-0.1, -0.05) is 18.6 Å². The second-order valence-electron chi connectivity index (χ2n) is 7.04. The van der Waals surface area contributed by atoms with Crippen molar-refractivity contribution < 1.29 is 12.8 Å². The summed E-state index contributed by atoms with van der Waals surface area (Å²) in [5, 5.41) is 4.61. The van der Waals surface area contributed by atoms with E-state index >= 15 is 0 Å². The topological polar surface area (TPSA) is 58.4 Å². The van der Waals surface area contributed by atoms with Crippen LogP contribution in [0.25, 0.3) is 0 Å². The van der Waals surface area contributed by atoms with Gasteiger partial charge in [0.15, 0.2) is 0 Å². The molecular weight excluding hydrogens is 355 g/mol. The summed E-state index contributed by atoms with van der Waals surface area (Å²) >= 11 is 0. The first-order valence-corrected chi connectivity index (χ1v) is 10.4. The van der Waals surface area contributed by atoms with E-state index < -0.39 is 15.8 Å². The van der Waals surface area contributed by atoms with E-state index in [2.05, 4.69) is 10.00 Å². The second-order valence-corrected chi connectivity index (χ2v) is 8.94. The Morgan fingerprint density at radius 3 is 2.58 bits per heavy atom. The van der Waals surface area contributed by atoms with Gasteiger partial charge in [0, 0.05) is 25.7 Å². The molecule has 2 aliphatic rings. The number of fused-ring (bicyclic) bond motifs is 1. The number of aromatic nitrogens is 2. The molecule has 0 atom stereocenters. The molecule has 8 heteroatoms. The highest BCUT2D eigenvalue weighted by atomic mass is 32.2. The van der Waals surface area contributed by atoms with Crippen LogP contribution in [-0.2, 0) is 36.7 Å². The van der Waals surface area contributed by atoms with Crippen LogP contribution in [0.5, 0.6) is 0 Å². The molecule has 0 unspecified atom stereocenters. The molecule has 0 amide bonds. The van der Waals surface area contributed by atoms with Crippen LogP contribution in [0.1, 0.15) is 36.2 Å². The number of hydrogen-bond donors (Lipinski definition) is 0. The van der Waals surface area contributed by atoms with E-state index in [1.807, 2.05) is 7.05 Å². The Kier molecular flexibility index (Phi) is 4.58. The molecule has 1 aromatic carbocycles. The van der Waals surface area contributed by atoms with Crippen molar-refractivity contribution in [2.24, 2.45) is 7.05 Å². The van der Waals surface area contributed by atoms with Crippen molar-refractivity contribution in [3.05, 3.63) is 47.0 Å². The van der Waals surface area contributed by atoms with Crippen LogP contribution in [0.4, 0.5) is 4.39 Å². The summed E-state index contributed by atoms with van der Waals surface area (Å²) < 4.78 is 42.9. The first kappa shape index (κ1) is 17.6. The van der Waals surface area contributed by atoms with Gasteiger partial charge in [-0.25, -0.2) is 12.8 Å². The maximum Gasteiger partial charge on any atom is 0.246 e. The normalized spacial score (nSPS) is 19.0. The molecule has 0 radical (unpaired) electrons. The summed E-state index contributed by atoms with van der Waals surface area (Å²) in [7, 11) is -2.02. The van der Waals surface area contributed by atoms with Crippen LogP contribution in [0.2, 0.25) is 0 Å². The predicted octanol–water partition coefficient (Wildman–Crippen LogP) is 2.25. The van der Waals surface area contributed by atoms with E-state index in [-0.39, 0.29) is 18.0 Å². The summed E-state index contributed by atoms with van der Waals surface area (Å²) in [5.41, 5.74) is 2.81. The molecule has 3 heterocycles. The Morgan fingerprint density at radius 2 is 1.85 bits per heavy atom. The van der Waals surface area contributed by atoms with Crippen molar-refractivity contribution in [3.8, 4) is 0 Å². The fourth-order valence-corrected chi connectivity index (χ4v) is 5.30. The number of hydrogen-bond acceptors (Lipinski definition) is 4. The number of aryl methyl sites for hydroxylation is 1. The molecule has 0 aliphatic carbocycles. The maximum atomic E-state index is 14.0. The van der Waals surface area contributed by atoms with Gasteiger partial charge in [-0.05, 0) is 38.1 Å². The molecular formula is C18H23FN4O2S. The maximum absolute atomic E-state index is 14.0. The number of rotatable bonds is 4. The van der Waals surface area contributed by atoms with Crippen LogP contribution >= 0.6 is 0 Å². The Bertz CT molecular complexity index is 919. The van der Waals surface area contributed by atoms with E-state index in [0.717, 1.165) is 36.6 Å². The smallest absolute Gasteiger partial charge is 0.246 e. The summed E-state index contributed by atoms with van der Waals surface area (Å²) in [5.74, 6) is -0.713. The molecule has 0 saturated carbocycles. The quantitative estimate of drug-likeness (QED) is 0.819. The number of nitrogens with zero attached hydrogens (tertiary/aromatic N) is 4. The third kappa shape index (κ3) is 3.06. The molecule has 2 aliphatic heterocycles. The van der Waals surface area contributed by atoms with Crippen molar-refractivity contribution in [2.75, 3.05) is 13.1 Å². The number of halogens is 1. The van der Waals surface area contributed by atoms with Crippen molar-refractivity contribution in [3.63, 3.8) is 0 Å². The van der Waals surface area contributed by atoms with Gasteiger partial charge in [0.25, 0.3) is 0 Å². The van der Waals surface area contributed by atoms with Crippen molar-refractivity contribution in [1.29, 1.82) is 0 Å². The SMILES string of the molecule is Cn1nc(CN2CCCCC2)c2c1CN(S(=O)(=O)c1ccccc1F)C2. The third-order valence-electron chi connectivity index (χ3n) is 5.30. The van der Waals surface area contributed by atoms with Gasteiger partial charge < -0.3 is 0 Å². The van der Waals surface area contributed by atoms with Gasteiger partial charge in [-0.3, -0.25) is 9.58 Å². The highest BCUT2D eigenvalue weighted by Gasteiger charge is 2.36. The van der Waals surface area contributed by atoms with Crippen molar-refractivity contribution in [1.82, 2.24) is 19.0 Å². The Balaban J connectivity index is 1.59.